The summed E-state index contributed by atoms with van der Waals surface area (Å²) in [5, 5.41) is 0. The van der Waals surface area contributed by atoms with E-state index in [0.29, 0.717) is 18.6 Å². The van der Waals surface area contributed by atoms with Crippen LogP contribution < -0.4 is 0 Å². The first kappa shape index (κ1) is 10.9. The maximum Gasteiger partial charge on any atom is 0.146 e. The van der Waals surface area contributed by atoms with Crippen LogP contribution in [-0.2, 0) is 9.47 Å². The lowest BCUT2D eigenvalue weighted by Gasteiger charge is -2.08. The van der Waals surface area contributed by atoms with Crippen LogP contribution in [0, 0.1) is 11.8 Å². The molecule has 0 saturated heterocycles. The van der Waals surface area contributed by atoms with Gasteiger partial charge in [0.25, 0.3) is 0 Å². The van der Waals surface area contributed by atoms with Gasteiger partial charge >= 0.3 is 0 Å². The van der Waals surface area contributed by atoms with Gasteiger partial charge in [-0.3, -0.25) is 0 Å². The molecule has 0 N–H and O–H groups in total. The van der Waals surface area contributed by atoms with Gasteiger partial charge in [0.15, 0.2) is 0 Å². The van der Waals surface area contributed by atoms with Crippen molar-refractivity contribution in [3.05, 3.63) is 0 Å². The second kappa shape index (κ2) is 6.62. The van der Waals surface area contributed by atoms with Crippen LogP contribution in [0.2, 0.25) is 0 Å². The summed E-state index contributed by atoms with van der Waals surface area (Å²) in [6.07, 6.45) is 0. The van der Waals surface area contributed by atoms with E-state index in [2.05, 4.69) is 27.7 Å². The molecule has 68 valence electrons. The summed E-state index contributed by atoms with van der Waals surface area (Å²) in [6, 6.07) is 0. The third kappa shape index (κ3) is 9.92. The van der Waals surface area contributed by atoms with Crippen LogP contribution in [0.25, 0.3) is 0 Å². The monoisotopic (exact) mass is 160 g/mol. The van der Waals surface area contributed by atoms with E-state index in [0.717, 1.165) is 13.2 Å². The van der Waals surface area contributed by atoms with Gasteiger partial charge in [-0.1, -0.05) is 27.7 Å². The van der Waals surface area contributed by atoms with Crippen LogP contribution in [0.4, 0.5) is 0 Å². The molecule has 0 saturated carbocycles. The van der Waals surface area contributed by atoms with Crippen LogP contribution in [-0.4, -0.2) is 20.0 Å². The molecule has 0 spiro atoms. The fourth-order valence-corrected chi connectivity index (χ4v) is 0.627. The third-order valence-corrected chi connectivity index (χ3v) is 1.07. The van der Waals surface area contributed by atoms with Gasteiger partial charge in [0.1, 0.15) is 6.79 Å². The molecule has 11 heavy (non-hydrogen) atoms. The molecule has 0 unspecified atom stereocenters. The molecule has 0 amide bonds. The molecule has 0 rings (SSSR count). The van der Waals surface area contributed by atoms with Crippen LogP contribution in [0.15, 0.2) is 0 Å². The van der Waals surface area contributed by atoms with Crippen LogP contribution >= 0.6 is 0 Å². The Balaban J connectivity index is 2.91. The quantitative estimate of drug-likeness (QED) is 0.438. The fourth-order valence-electron chi connectivity index (χ4n) is 0.627. The van der Waals surface area contributed by atoms with Gasteiger partial charge in [-0.2, -0.15) is 0 Å². The minimum absolute atomic E-state index is 0.441. The summed E-state index contributed by atoms with van der Waals surface area (Å²) in [5.41, 5.74) is 0. The minimum atomic E-state index is 0.441. The Bertz CT molecular complexity index is 69.6. The molecular formula is C9H20O2. The Kier molecular flexibility index (Phi) is 6.57. The highest BCUT2D eigenvalue weighted by molar-refractivity contribution is 4.38. The molecule has 2 nitrogen and oxygen atoms in total. The van der Waals surface area contributed by atoms with Crippen molar-refractivity contribution >= 4 is 0 Å². The zero-order chi connectivity index (χ0) is 8.69. The second-order valence-corrected chi connectivity index (χ2v) is 3.65. The first-order valence-corrected chi connectivity index (χ1v) is 4.28. The molecule has 0 radical (unpaired) electrons. The zero-order valence-corrected chi connectivity index (χ0v) is 8.09. The number of rotatable bonds is 6. The zero-order valence-electron chi connectivity index (χ0n) is 8.09. The molecule has 0 bridgehead atoms. The van der Waals surface area contributed by atoms with Gasteiger partial charge in [0, 0.05) is 0 Å². The maximum atomic E-state index is 5.22. The third-order valence-electron chi connectivity index (χ3n) is 1.07. The highest BCUT2D eigenvalue weighted by Crippen LogP contribution is 1.95. The van der Waals surface area contributed by atoms with Crippen LogP contribution in [0.3, 0.4) is 0 Å². The summed E-state index contributed by atoms with van der Waals surface area (Å²) in [6.45, 7) is 10.5. The highest BCUT2D eigenvalue weighted by atomic mass is 16.7. The van der Waals surface area contributed by atoms with E-state index < -0.39 is 0 Å². The van der Waals surface area contributed by atoms with Crippen molar-refractivity contribution in [1.82, 2.24) is 0 Å². The molecule has 0 atom stereocenters. The van der Waals surface area contributed by atoms with E-state index in [1.165, 1.54) is 0 Å². The number of ether oxygens (including phenoxy) is 2. The lowest BCUT2D eigenvalue weighted by atomic mass is 10.2. The summed E-state index contributed by atoms with van der Waals surface area (Å²) in [7, 11) is 0. The average Bonchev–Trinajstić information content (AvgIpc) is 1.85. The van der Waals surface area contributed by atoms with E-state index in [4.69, 9.17) is 9.47 Å². The smallest absolute Gasteiger partial charge is 0.146 e. The SMILES string of the molecule is CC(C)COCOCC(C)C. The Labute approximate surface area is 69.9 Å². The second-order valence-electron chi connectivity index (χ2n) is 3.65. The largest absolute Gasteiger partial charge is 0.355 e. The maximum absolute atomic E-state index is 5.22. The van der Waals surface area contributed by atoms with Crippen molar-refractivity contribution in [2.24, 2.45) is 11.8 Å². The molecule has 0 aromatic carbocycles. The Morgan fingerprint density at radius 2 is 1.18 bits per heavy atom. The molecule has 0 aromatic rings. The summed E-state index contributed by atoms with van der Waals surface area (Å²) < 4.78 is 10.4. The lowest BCUT2D eigenvalue weighted by molar-refractivity contribution is -0.0687. The van der Waals surface area contributed by atoms with Crippen molar-refractivity contribution in [2.45, 2.75) is 27.7 Å². The first-order chi connectivity index (χ1) is 5.13. The van der Waals surface area contributed by atoms with Gasteiger partial charge in [-0.25, -0.2) is 0 Å². The fraction of sp³-hybridized carbons (Fsp3) is 1.00. The standard InChI is InChI=1S/C9H20O2/c1-8(2)5-10-7-11-6-9(3)4/h8-9H,5-7H2,1-4H3. The lowest BCUT2D eigenvalue weighted by Crippen LogP contribution is -2.09. The Hall–Kier alpha value is -0.0800. The van der Waals surface area contributed by atoms with E-state index in [-0.39, 0.29) is 0 Å². The van der Waals surface area contributed by atoms with E-state index in [9.17, 15) is 0 Å². The van der Waals surface area contributed by atoms with Crippen molar-refractivity contribution in [2.75, 3.05) is 20.0 Å². The van der Waals surface area contributed by atoms with Gasteiger partial charge in [0.05, 0.1) is 13.2 Å². The number of hydrogen-bond acceptors (Lipinski definition) is 2. The molecule has 0 aliphatic rings. The van der Waals surface area contributed by atoms with Gasteiger partial charge < -0.3 is 9.47 Å². The number of hydrogen-bond donors (Lipinski definition) is 0. The summed E-state index contributed by atoms with van der Waals surface area (Å²) in [5.74, 6) is 1.19. The van der Waals surface area contributed by atoms with Crippen LogP contribution in [0.5, 0.6) is 0 Å². The molecule has 0 aromatic heterocycles. The molecule has 0 fully saturated rings. The Morgan fingerprint density at radius 1 is 0.818 bits per heavy atom. The van der Waals surface area contributed by atoms with Crippen molar-refractivity contribution in [3.63, 3.8) is 0 Å². The van der Waals surface area contributed by atoms with E-state index in [1.807, 2.05) is 0 Å². The molecule has 0 heterocycles. The van der Waals surface area contributed by atoms with Gasteiger partial charge in [0.2, 0.25) is 0 Å². The molecule has 0 aliphatic heterocycles. The predicted octanol–water partition coefficient (Wildman–Crippen LogP) is 2.29. The van der Waals surface area contributed by atoms with E-state index >= 15 is 0 Å². The average molecular weight is 160 g/mol. The van der Waals surface area contributed by atoms with E-state index in [1.54, 1.807) is 0 Å². The topological polar surface area (TPSA) is 18.5 Å². The van der Waals surface area contributed by atoms with Crippen molar-refractivity contribution in [1.29, 1.82) is 0 Å². The van der Waals surface area contributed by atoms with Crippen molar-refractivity contribution < 1.29 is 9.47 Å². The normalized spacial score (nSPS) is 11.5. The van der Waals surface area contributed by atoms with Gasteiger partial charge in [-0.05, 0) is 11.8 Å². The van der Waals surface area contributed by atoms with Crippen molar-refractivity contribution in [3.8, 4) is 0 Å². The molecular weight excluding hydrogens is 140 g/mol. The summed E-state index contributed by atoms with van der Waals surface area (Å²) in [4.78, 5) is 0. The minimum Gasteiger partial charge on any atom is -0.355 e. The first-order valence-electron chi connectivity index (χ1n) is 4.28. The van der Waals surface area contributed by atoms with Gasteiger partial charge in [-0.15, -0.1) is 0 Å². The molecule has 0 aliphatic carbocycles. The Morgan fingerprint density at radius 3 is 1.45 bits per heavy atom. The highest BCUT2D eigenvalue weighted by Gasteiger charge is 1.95. The van der Waals surface area contributed by atoms with Crippen LogP contribution in [0.1, 0.15) is 27.7 Å². The predicted molar refractivity (Wildman–Crippen MR) is 46.4 cm³/mol. The summed E-state index contributed by atoms with van der Waals surface area (Å²) >= 11 is 0. The molecule has 2 heteroatoms.